The van der Waals surface area contributed by atoms with Crippen molar-refractivity contribution in [1.82, 2.24) is 9.97 Å². The van der Waals surface area contributed by atoms with Crippen LogP contribution in [0.15, 0.2) is 80.8 Å². The summed E-state index contributed by atoms with van der Waals surface area (Å²) in [4.78, 5) is 40.2. The van der Waals surface area contributed by atoms with E-state index in [4.69, 9.17) is 0 Å². The van der Waals surface area contributed by atoms with Crippen LogP contribution in [0.2, 0.25) is 0 Å². The van der Waals surface area contributed by atoms with Gasteiger partial charge in [-0.3, -0.25) is 20.2 Å². The van der Waals surface area contributed by atoms with Crippen molar-refractivity contribution in [3.05, 3.63) is 108 Å². The summed E-state index contributed by atoms with van der Waals surface area (Å²) in [6.07, 6.45) is 3.83. The van der Waals surface area contributed by atoms with E-state index in [1.54, 1.807) is 6.07 Å². The van der Waals surface area contributed by atoms with Crippen molar-refractivity contribution in [2.24, 2.45) is 0 Å². The Bertz CT molecular complexity index is 1790. The molecule has 0 N–H and O–H groups in total. The van der Waals surface area contributed by atoms with Crippen molar-refractivity contribution < 1.29 is 32.2 Å². The summed E-state index contributed by atoms with van der Waals surface area (Å²) in [5, 5.41) is 22.1. The number of sulfone groups is 1. The van der Waals surface area contributed by atoms with E-state index < -0.39 is 31.5 Å². The zero-order chi connectivity index (χ0) is 30.5. The van der Waals surface area contributed by atoms with Crippen LogP contribution in [0.25, 0.3) is 22.5 Å². The second-order valence-electron chi connectivity index (χ2n) is 8.04. The van der Waals surface area contributed by atoms with E-state index in [-0.39, 0.29) is 38.8 Å². The van der Waals surface area contributed by atoms with Gasteiger partial charge >= 0.3 is 5.97 Å². The summed E-state index contributed by atoms with van der Waals surface area (Å²) in [5.41, 5.74) is -0.188. The van der Waals surface area contributed by atoms with Gasteiger partial charge in [-0.05, 0) is 62.2 Å². The molecule has 0 unspecified atom stereocenters. The number of hydrogen-bond acceptors (Lipinski definition) is 10. The highest BCUT2D eigenvalue weighted by atomic mass is 79.9. The van der Waals surface area contributed by atoms with Crippen LogP contribution in [-0.2, 0) is 14.6 Å². The lowest BCUT2D eigenvalue weighted by molar-refractivity contribution is -0.384. The zero-order valence-corrected chi connectivity index (χ0v) is 24.9. The maximum absolute atomic E-state index is 14.1. The van der Waals surface area contributed by atoms with Crippen molar-refractivity contribution in [3.8, 4) is 22.5 Å². The molecule has 16 heteroatoms. The number of benzene rings is 2. The maximum atomic E-state index is 14.1. The van der Waals surface area contributed by atoms with E-state index in [0.717, 1.165) is 12.3 Å². The molecule has 2 aromatic carbocycles. The minimum atomic E-state index is -3.38. The Balaban J connectivity index is 0.000000226. The number of halogens is 3. The largest absolute Gasteiger partial charge is 0.465 e. The Morgan fingerprint density at radius 3 is 1.98 bits per heavy atom. The average molecular weight is 712 g/mol. The highest BCUT2D eigenvalue weighted by molar-refractivity contribution is 9.10. The molecule has 2 heterocycles. The number of nitro groups is 2. The van der Waals surface area contributed by atoms with Gasteiger partial charge in [0.2, 0.25) is 0 Å². The molecule has 0 atom stereocenters. The molecule has 41 heavy (non-hydrogen) atoms. The topological polar surface area (TPSA) is 172 Å². The molecule has 0 aliphatic heterocycles. The lowest BCUT2D eigenvalue weighted by atomic mass is 10.1. The van der Waals surface area contributed by atoms with Gasteiger partial charge in [-0.1, -0.05) is 12.1 Å². The first-order valence-electron chi connectivity index (χ1n) is 11.0. The molecule has 0 aliphatic rings. The molecule has 0 bridgehead atoms. The van der Waals surface area contributed by atoms with Crippen LogP contribution in [0.3, 0.4) is 0 Å². The molecule has 4 aromatic rings. The van der Waals surface area contributed by atoms with E-state index in [2.05, 4.69) is 46.6 Å². The number of aromatic nitrogens is 2. The van der Waals surface area contributed by atoms with Crippen LogP contribution in [0, 0.1) is 26.0 Å². The number of esters is 1. The number of rotatable bonds is 6. The van der Waals surface area contributed by atoms with E-state index in [1.807, 2.05) is 0 Å². The number of pyridine rings is 2. The standard InChI is InChI=1S/C13H8BrFN2O4.C12H9BrN2O4S/c1-21-13(18)7-2-3-9(10(15)4-7)12-11(17(19)20)5-8(14)6-16-12;1-20(18,19)10-4-2-3-8(5-10)12-11(15(16)17)6-9(13)7-14-12/h2-6H,1H3;2-7H,1H3. The summed E-state index contributed by atoms with van der Waals surface area (Å²) in [6, 6.07) is 12.0. The van der Waals surface area contributed by atoms with E-state index in [1.165, 1.54) is 62.0 Å². The number of methoxy groups -OCH3 is 1. The zero-order valence-electron chi connectivity index (χ0n) is 20.9. The SMILES string of the molecule is COC(=O)c1ccc(-c2ncc(Br)cc2[N+](=O)[O-])c(F)c1.CS(=O)(=O)c1cccc(-c2ncc(Br)cc2[N+](=O)[O-])c1. The van der Waals surface area contributed by atoms with Gasteiger partial charge in [0.25, 0.3) is 11.4 Å². The second-order valence-corrected chi connectivity index (χ2v) is 11.9. The number of ether oxygens (including phenoxy) is 1. The minimum absolute atomic E-state index is 0.0125. The fourth-order valence-electron chi connectivity index (χ4n) is 3.39. The number of nitrogens with zero attached hydrogens (tertiary/aromatic N) is 4. The highest BCUT2D eigenvalue weighted by Crippen LogP contribution is 2.33. The van der Waals surface area contributed by atoms with Crippen LogP contribution in [0.5, 0.6) is 0 Å². The van der Waals surface area contributed by atoms with Crippen LogP contribution >= 0.6 is 31.9 Å². The predicted molar refractivity (Wildman–Crippen MR) is 152 cm³/mol. The fraction of sp³-hybridized carbons (Fsp3) is 0.0800. The van der Waals surface area contributed by atoms with Gasteiger partial charge in [0.05, 0.1) is 27.4 Å². The van der Waals surface area contributed by atoms with E-state index in [0.29, 0.717) is 14.5 Å². The highest BCUT2D eigenvalue weighted by Gasteiger charge is 2.22. The molecule has 2 aromatic heterocycles. The third-order valence-corrected chi connectivity index (χ3v) is 7.22. The predicted octanol–water partition coefficient (Wildman–Crippen LogP) is 6.17. The van der Waals surface area contributed by atoms with Gasteiger partial charge in [0.1, 0.15) is 11.5 Å². The van der Waals surface area contributed by atoms with Crippen LogP contribution < -0.4 is 0 Å². The molecular weight excluding hydrogens is 695 g/mol. The van der Waals surface area contributed by atoms with Crippen molar-refractivity contribution >= 4 is 59.0 Å². The molecule has 212 valence electrons. The lowest BCUT2D eigenvalue weighted by Crippen LogP contribution is -2.03. The Hall–Kier alpha value is -4.15. The Morgan fingerprint density at radius 1 is 0.902 bits per heavy atom. The first-order valence-corrected chi connectivity index (χ1v) is 14.5. The number of hydrogen-bond donors (Lipinski definition) is 0. The van der Waals surface area contributed by atoms with Crippen molar-refractivity contribution in [3.63, 3.8) is 0 Å². The molecule has 0 radical (unpaired) electrons. The Kier molecular flexibility index (Phi) is 9.96. The summed E-state index contributed by atoms with van der Waals surface area (Å²) in [7, 11) is -2.21. The first kappa shape index (κ1) is 31.4. The molecule has 12 nitrogen and oxygen atoms in total. The monoisotopic (exact) mass is 710 g/mol. The Morgan fingerprint density at radius 2 is 1.46 bits per heavy atom. The van der Waals surface area contributed by atoms with Crippen LogP contribution in [-0.4, -0.2) is 47.6 Å². The Labute approximate surface area is 248 Å². The molecule has 0 saturated heterocycles. The summed E-state index contributed by atoms with van der Waals surface area (Å²) in [5.74, 6) is -1.49. The van der Waals surface area contributed by atoms with Gasteiger partial charge in [-0.15, -0.1) is 0 Å². The smallest absolute Gasteiger partial charge is 0.337 e. The molecule has 4 rings (SSSR count). The number of carbonyl (C=O) groups is 1. The van der Waals surface area contributed by atoms with Gasteiger partial charge in [0, 0.05) is 50.9 Å². The normalized spacial score (nSPS) is 10.8. The first-order chi connectivity index (χ1) is 19.2. The van der Waals surface area contributed by atoms with E-state index >= 15 is 0 Å². The van der Waals surface area contributed by atoms with Crippen molar-refractivity contribution in [2.45, 2.75) is 4.90 Å². The quantitative estimate of drug-likeness (QED) is 0.128. The minimum Gasteiger partial charge on any atom is -0.465 e. The molecule has 0 amide bonds. The third-order valence-electron chi connectivity index (χ3n) is 5.24. The van der Waals surface area contributed by atoms with Crippen molar-refractivity contribution in [1.29, 1.82) is 0 Å². The number of carbonyl (C=O) groups excluding carboxylic acids is 1. The van der Waals surface area contributed by atoms with Crippen LogP contribution in [0.4, 0.5) is 15.8 Å². The molecule has 0 saturated carbocycles. The van der Waals surface area contributed by atoms with Gasteiger partial charge < -0.3 is 4.74 Å². The van der Waals surface area contributed by atoms with E-state index in [9.17, 15) is 37.8 Å². The second kappa shape index (κ2) is 13.0. The van der Waals surface area contributed by atoms with Crippen LogP contribution in [0.1, 0.15) is 10.4 Å². The third kappa shape index (κ3) is 7.74. The summed E-state index contributed by atoms with van der Waals surface area (Å²) >= 11 is 6.19. The van der Waals surface area contributed by atoms with Crippen molar-refractivity contribution in [2.75, 3.05) is 13.4 Å². The molecule has 0 aliphatic carbocycles. The maximum Gasteiger partial charge on any atom is 0.337 e. The van der Waals surface area contributed by atoms with Gasteiger partial charge in [-0.25, -0.2) is 27.6 Å². The van der Waals surface area contributed by atoms with Gasteiger partial charge in [-0.2, -0.15) is 0 Å². The van der Waals surface area contributed by atoms with Gasteiger partial charge in [0.15, 0.2) is 15.5 Å². The molecular formula is C25H17Br2FN4O8S. The fourth-order valence-corrected chi connectivity index (χ4v) is 4.70. The molecule has 0 spiro atoms. The summed E-state index contributed by atoms with van der Waals surface area (Å²) < 4.78 is 42.5. The lowest BCUT2D eigenvalue weighted by Gasteiger charge is -2.06. The molecule has 0 fully saturated rings. The summed E-state index contributed by atoms with van der Waals surface area (Å²) in [6.45, 7) is 0. The average Bonchev–Trinajstić information content (AvgIpc) is 2.92.